The predicted octanol–water partition coefficient (Wildman–Crippen LogP) is 4.69. The largest absolute Gasteiger partial charge is 0.432 e. The molecule has 0 spiro atoms. The van der Waals surface area contributed by atoms with Crippen molar-refractivity contribution < 1.29 is 18.4 Å². The van der Waals surface area contributed by atoms with Gasteiger partial charge in [0.25, 0.3) is 5.91 Å². The monoisotopic (exact) mass is 386 g/mol. The van der Waals surface area contributed by atoms with E-state index in [0.717, 1.165) is 5.56 Å². The number of ketones is 1. The topological polar surface area (TPSA) is 89.2 Å². The molecule has 0 bridgehead atoms. The Morgan fingerprint density at radius 2 is 1.93 bits per heavy atom. The zero-order valence-electron chi connectivity index (χ0n) is 16.5. The SMILES string of the molecule is CC.CC(=O)c1cc(C(=O)Nc2ncco2)c(Nc2ccc(C)cc2F)n1C. The van der Waals surface area contributed by atoms with Gasteiger partial charge in [-0.05, 0) is 30.7 Å². The highest BCUT2D eigenvalue weighted by Crippen LogP contribution is 2.27. The number of hydrogen-bond donors (Lipinski definition) is 2. The van der Waals surface area contributed by atoms with E-state index in [-0.39, 0.29) is 28.9 Å². The van der Waals surface area contributed by atoms with Gasteiger partial charge in [0.1, 0.15) is 17.9 Å². The first-order valence-electron chi connectivity index (χ1n) is 8.81. The van der Waals surface area contributed by atoms with Crippen molar-refractivity contribution in [1.29, 1.82) is 0 Å². The summed E-state index contributed by atoms with van der Waals surface area (Å²) in [5.74, 6) is -0.947. The van der Waals surface area contributed by atoms with Gasteiger partial charge in [-0.25, -0.2) is 9.37 Å². The molecule has 0 aliphatic rings. The number of benzene rings is 1. The lowest BCUT2D eigenvalue weighted by atomic mass is 10.2. The van der Waals surface area contributed by atoms with E-state index >= 15 is 0 Å². The molecule has 148 valence electrons. The van der Waals surface area contributed by atoms with E-state index in [1.807, 2.05) is 13.8 Å². The second-order valence-corrected chi connectivity index (χ2v) is 5.81. The number of amides is 1. The average Bonchev–Trinajstić information content (AvgIpc) is 3.27. The number of aromatic nitrogens is 2. The average molecular weight is 386 g/mol. The molecular weight excluding hydrogens is 363 g/mol. The summed E-state index contributed by atoms with van der Waals surface area (Å²) in [6.45, 7) is 7.17. The first-order chi connectivity index (χ1) is 13.4. The zero-order chi connectivity index (χ0) is 20.8. The van der Waals surface area contributed by atoms with Crippen LogP contribution in [0.1, 0.15) is 47.2 Å². The van der Waals surface area contributed by atoms with Crippen LogP contribution in [0.3, 0.4) is 0 Å². The van der Waals surface area contributed by atoms with Crippen LogP contribution in [0, 0.1) is 12.7 Å². The third-order valence-electron chi connectivity index (χ3n) is 3.87. The molecule has 0 atom stereocenters. The van der Waals surface area contributed by atoms with Crippen molar-refractivity contribution in [3.63, 3.8) is 0 Å². The Labute approximate surface area is 162 Å². The number of halogens is 1. The Kier molecular flexibility index (Phi) is 6.70. The standard InChI is InChI=1S/C18H17FN4O3.C2H6/c1-10-4-5-14(13(19)8-10)21-16-12(9-15(11(2)24)23(16)3)17(25)22-18-20-6-7-26-18;1-2/h4-9,21H,1-3H3,(H,20,22,25);1-2H3. The summed E-state index contributed by atoms with van der Waals surface area (Å²) >= 11 is 0. The van der Waals surface area contributed by atoms with Gasteiger partial charge in [0.15, 0.2) is 5.78 Å². The lowest BCUT2D eigenvalue weighted by molar-refractivity contribution is 0.100. The fourth-order valence-electron chi connectivity index (χ4n) is 2.56. The molecule has 3 aromatic rings. The molecule has 1 aromatic carbocycles. The van der Waals surface area contributed by atoms with Crippen LogP contribution in [-0.4, -0.2) is 21.2 Å². The number of nitrogens with one attached hydrogen (secondary N) is 2. The van der Waals surface area contributed by atoms with E-state index in [0.29, 0.717) is 5.69 Å². The lowest BCUT2D eigenvalue weighted by Crippen LogP contribution is -2.14. The minimum atomic E-state index is -0.537. The number of Topliss-reactive ketones (excluding diaryl/α,β-unsaturated/α-hetero) is 1. The number of oxazole rings is 1. The molecular formula is C20H23FN4O3. The smallest absolute Gasteiger partial charge is 0.301 e. The second kappa shape index (κ2) is 8.98. The van der Waals surface area contributed by atoms with E-state index in [4.69, 9.17) is 4.42 Å². The third kappa shape index (κ3) is 4.46. The minimum Gasteiger partial charge on any atom is -0.432 e. The first kappa shape index (κ1) is 20.9. The summed E-state index contributed by atoms with van der Waals surface area (Å²) in [4.78, 5) is 28.3. The van der Waals surface area contributed by atoms with E-state index < -0.39 is 11.7 Å². The summed E-state index contributed by atoms with van der Waals surface area (Å²) in [5, 5.41) is 5.39. The highest BCUT2D eigenvalue weighted by Gasteiger charge is 2.22. The van der Waals surface area contributed by atoms with Crippen molar-refractivity contribution >= 4 is 29.2 Å². The molecule has 1 amide bonds. The van der Waals surface area contributed by atoms with Crippen molar-refractivity contribution in [2.24, 2.45) is 7.05 Å². The molecule has 0 aliphatic carbocycles. The van der Waals surface area contributed by atoms with Gasteiger partial charge in [-0.15, -0.1) is 0 Å². The summed E-state index contributed by atoms with van der Waals surface area (Å²) in [6, 6.07) is 6.16. The van der Waals surface area contributed by atoms with Gasteiger partial charge in [-0.2, -0.15) is 0 Å². The number of carbonyl (C=O) groups is 2. The summed E-state index contributed by atoms with van der Waals surface area (Å²) in [5.41, 5.74) is 1.43. The van der Waals surface area contributed by atoms with Gasteiger partial charge < -0.3 is 14.3 Å². The zero-order valence-corrected chi connectivity index (χ0v) is 16.5. The van der Waals surface area contributed by atoms with Gasteiger partial charge in [-0.3, -0.25) is 14.9 Å². The van der Waals surface area contributed by atoms with Gasteiger partial charge >= 0.3 is 6.01 Å². The molecule has 2 heterocycles. The van der Waals surface area contributed by atoms with E-state index in [1.54, 1.807) is 26.1 Å². The van der Waals surface area contributed by atoms with Crippen LogP contribution in [0.25, 0.3) is 0 Å². The molecule has 2 aromatic heterocycles. The number of hydrogen-bond acceptors (Lipinski definition) is 5. The van der Waals surface area contributed by atoms with Gasteiger partial charge in [-0.1, -0.05) is 19.9 Å². The molecule has 7 nitrogen and oxygen atoms in total. The maximum absolute atomic E-state index is 14.2. The lowest BCUT2D eigenvalue weighted by Gasteiger charge is -2.12. The Balaban J connectivity index is 0.00000136. The fraction of sp³-hybridized carbons (Fsp3) is 0.250. The predicted molar refractivity (Wildman–Crippen MR) is 106 cm³/mol. The van der Waals surface area contributed by atoms with Crippen LogP contribution in [0.2, 0.25) is 0 Å². The molecule has 28 heavy (non-hydrogen) atoms. The molecule has 3 rings (SSSR count). The van der Waals surface area contributed by atoms with Gasteiger partial charge in [0.2, 0.25) is 0 Å². The molecule has 0 radical (unpaired) electrons. The van der Waals surface area contributed by atoms with Gasteiger partial charge in [0.05, 0.1) is 23.1 Å². The van der Waals surface area contributed by atoms with Crippen LogP contribution in [-0.2, 0) is 7.05 Å². The normalized spacial score (nSPS) is 10.1. The van der Waals surface area contributed by atoms with Crippen molar-refractivity contribution in [2.75, 3.05) is 10.6 Å². The Morgan fingerprint density at radius 3 is 2.50 bits per heavy atom. The number of nitrogens with zero attached hydrogens (tertiary/aromatic N) is 2. The van der Waals surface area contributed by atoms with E-state index in [9.17, 15) is 14.0 Å². The Morgan fingerprint density at radius 1 is 1.21 bits per heavy atom. The Bertz CT molecular complexity index is 978. The molecule has 8 heteroatoms. The molecule has 2 N–H and O–H groups in total. The number of rotatable bonds is 5. The first-order valence-corrected chi connectivity index (χ1v) is 8.81. The molecule has 0 fully saturated rings. The van der Waals surface area contributed by atoms with Crippen molar-refractivity contribution in [1.82, 2.24) is 9.55 Å². The maximum atomic E-state index is 14.2. The maximum Gasteiger partial charge on any atom is 0.301 e. The highest BCUT2D eigenvalue weighted by molar-refractivity contribution is 6.09. The number of aryl methyl sites for hydroxylation is 1. The van der Waals surface area contributed by atoms with Crippen LogP contribution >= 0.6 is 0 Å². The highest BCUT2D eigenvalue weighted by atomic mass is 19.1. The van der Waals surface area contributed by atoms with Crippen LogP contribution < -0.4 is 10.6 Å². The van der Waals surface area contributed by atoms with E-state index in [2.05, 4.69) is 15.6 Å². The quantitative estimate of drug-likeness (QED) is 0.621. The fourth-order valence-corrected chi connectivity index (χ4v) is 2.56. The molecule has 0 unspecified atom stereocenters. The third-order valence-corrected chi connectivity index (χ3v) is 3.87. The molecule has 0 saturated carbocycles. The van der Waals surface area contributed by atoms with Gasteiger partial charge in [0, 0.05) is 14.0 Å². The van der Waals surface area contributed by atoms with Crippen LogP contribution in [0.4, 0.5) is 21.9 Å². The van der Waals surface area contributed by atoms with Crippen molar-refractivity contribution in [3.05, 3.63) is 59.4 Å². The summed E-state index contributed by atoms with van der Waals surface area (Å²) in [6.07, 6.45) is 2.71. The summed E-state index contributed by atoms with van der Waals surface area (Å²) < 4.78 is 20.7. The van der Waals surface area contributed by atoms with Crippen molar-refractivity contribution in [2.45, 2.75) is 27.7 Å². The van der Waals surface area contributed by atoms with Crippen LogP contribution in [0.5, 0.6) is 0 Å². The van der Waals surface area contributed by atoms with Crippen LogP contribution in [0.15, 0.2) is 41.1 Å². The summed E-state index contributed by atoms with van der Waals surface area (Å²) in [7, 11) is 1.62. The Hall–Kier alpha value is -3.42. The minimum absolute atomic E-state index is 0.0238. The number of anilines is 3. The van der Waals surface area contributed by atoms with Crippen molar-refractivity contribution in [3.8, 4) is 0 Å². The second-order valence-electron chi connectivity index (χ2n) is 5.81. The molecule has 0 saturated heterocycles. The van der Waals surface area contributed by atoms with E-state index in [1.165, 1.54) is 36.1 Å². The number of carbonyl (C=O) groups excluding carboxylic acids is 2. The molecule has 0 aliphatic heterocycles.